The largest absolute Gasteiger partial charge is 0.464 e. The lowest BCUT2D eigenvalue weighted by atomic mass is 9.85. The van der Waals surface area contributed by atoms with Crippen LogP contribution in [0.15, 0.2) is 12.7 Å². The Morgan fingerprint density at radius 3 is 2.76 bits per heavy atom. The summed E-state index contributed by atoms with van der Waals surface area (Å²) >= 11 is 0. The van der Waals surface area contributed by atoms with E-state index in [2.05, 4.69) is 6.58 Å². The number of nitrogens with zero attached hydrogens (tertiary/aromatic N) is 1. The molecule has 5 nitrogen and oxygen atoms in total. The summed E-state index contributed by atoms with van der Waals surface area (Å²) in [5.41, 5.74) is 0. The molecule has 0 bridgehead atoms. The highest BCUT2D eigenvalue weighted by Crippen LogP contribution is 2.40. The zero-order chi connectivity index (χ0) is 15.2. The molecular weight excluding hydrogens is 270 g/mol. The van der Waals surface area contributed by atoms with Crippen LogP contribution < -0.4 is 0 Å². The standard InChI is InChI=1S/C16H25NO4/c1-3-9-20-15(18)14-11-12-7-5-6-8-13(12)17(14)16(19)21-10-4-2/h4,12-14H,2-3,5-11H2,1H3. The summed E-state index contributed by atoms with van der Waals surface area (Å²) in [5.74, 6) is 0.107. The van der Waals surface area contributed by atoms with Crippen LogP contribution in [0.5, 0.6) is 0 Å². The summed E-state index contributed by atoms with van der Waals surface area (Å²) in [5, 5.41) is 0. The number of carbonyl (C=O) groups excluding carboxylic acids is 2. The fourth-order valence-corrected chi connectivity index (χ4v) is 3.44. The zero-order valence-electron chi connectivity index (χ0n) is 12.8. The molecular formula is C16H25NO4. The van der Waals surface area contributed by atoms with Crippen LogP contribution in [0.4, 0.5) is 4.79 Å². The highest BCUT2D eigenvalue weighted by molar-refractivity contribution is 5.82. The topological polar surface area (TPSA) is 55.8 Å². The zero-order valence-corrected chi connectivity index (χ0v) is 12.8. The van der Waals surface area contributed by atoms with Crippen LogP contribution in [0.1, 0.15) is 45.4 Å². The summed E-state index contributed by atoms with van der Waals surface area (Å²) < 4.78 is 10.4. The Hall–Kier alpha value is -1.52. The van der Waals surface area contributed by atoms with Crippen molar-refractivity contribution >= 4 is 12.1 Å². The van der Waals surface area contributed by atoms with Gasteiger partial charge in [0.25, 0.3) is 0 Å². The monoisotopic (exact) mass is 295 g/mol. The van der Waals surface area contributed by atoms with Gasteiger partial charge in [-0.2, -0.15) is 0 Å². The van der Waals surface area contributed by atoms with Crippen LogP contribution in [0, 0.1) is 5.92 Å². The van der Waals surface area contributed by atoms with Crippen molar-refractivity contribution in [1.29, 1.82) is 0 Å². The second-order valence-corrected chi connectivity index (χ2v) is 5.80. The Balaban J connectivity index is 2.10. The quantitative estimate of drug-likeness (QED) is 0.578. The van der Waals surface area contributed by atoms with Gasteiger partial charge in [-0.3, -0.25) is 4.90 Å². The van der Waals surface area contributed by atoms with Gasteiger partial charge < -0.3 is 9.47 Å². The van der Waals surface area contributed by atoms with Crippen molar-refractivity contribution in [2.24, 2.45) is 5.92 Å². The Morgan fingerprint density at radius 1 is 1.29 bits per heavy atom. The molecule has 5 heteroatoms. The Morgan fingerprint density at radius 2 is 2.05 bits per heavy atom. The molecule has 1 heterocycles. The van der Waals surface area contributed by atoms with E-state index >= 15 is 0 Å². The maximum absolute atomic E-state index is 12.3. The van der Waals surface area contributed by atoms with E-state index in [1.807, 2.05) is 6.92 Å². The van der Waals surface area contributed by atoms with Gasteiger partial charge in [-0.05, 0) is 31.6 Å². The third kappa shape index (κ3) is 3.57. The van der Waals surface area contributed by atoms with E-state index < -0.39 is 12.1 Å². The molecule has 3 unspecified atom stereocenters. The van der Waals surface area contributed by atoms with Gasteiger partial charge >= 0.3 is 12.1 Å². The summed E-state index contributed by atoms with van der Waals surface area (Å²) in [6.45, 7) is 6.08. The molecule has 21 heavy (non-hydrogen) atoms. The second-order valence-electron chi connectivity index (χ2n) is 5.80. The Labute approximate surface area is 126 Å². The fourth-order valence-electron chi connectivity index (χ4n) is 3.44. The van der Waals surface area contributed by atoms with Gasteiger partial charge in [0.1, 0.15) is 12.6 Å². The van der Waals surface area contributed by atoms with Gasteiger partial charge in [0.05, 0.1) is 6.61 Å². The molecule has 0 spiro atoms. The van der Waals surface area contributed by atoms with Gasteiger partial charge in [0.2, 0.25) is 0 Å². The first-order chi connectivity index (χ1) is 10.2. The molecule has 1 aliphatic heterocycles. The highest BCUT2D eigenvalue weighted by atomic mass is 16.6. The van der Waals surface area contributed by atoms with Crippen LogP contribution in [0.25, 0.3) is 0 Å². The van der Waals surface area contributed by atoms with E-state index in [1.54, 1.807) is 4.90 Å². The normalized spacial score (nSPS) is 27.9. The lowest BCUT2D eigenvalue weighted by molar-refractivity contribution is -0.148. The number of amides is 1. The fraction of sp³-hybridized carbons (Fsp3) is 0.750. The van der Waals surface area contributed by atoms with Crippen LogP contribution >= 0.6 is 0 Å². The van der Waals surface area contributed by atoms with E-state index in [1.165, 1.54) is 12.5 Å². The first kappa shape index (κ1) is 15.9. The van der Waals surface area contributed by atoms with Crippen molar-refractivity contribution < 1.29 is 19.1 Å². The van der Waals surface area contributed by atoms with Crippen LogP contribution in [-0.2, 0) is 14.3 Å². The molecule has 2 fully saturated rings. The number of likely N-dealkylation sites (tertiary alicyclic amines) is 1. The smallest absolute Gasteiger partial charge is 0.411 e. The SMILES string of the molecule is C=CCOC(=O)N1C(C(=O)OCCC)CC2CCCCC21. The van der Waals surface area contributed by atoms with Gasteiger partial charge in [0.15, 0.2) is 0 Å². The number of hydrogen-bond acceptors (Lipinski definition) is 4. The van der Waals surface area contributed by atoms with Crippen LogP contribution in [0.2, 0.25) is 0 Å². The van der Waals surface area contributed by atoms with Crippen molar-refractivity contribution in [3.05, 3.63) is 12.7 Å². The van der Waals surface area contributed by atoms with Crippen molar-refractivity contribution in [3.8, 4) is 0 Å². The van der Waals surface area contributed by atoms with E-state index in [-0.39, 0.29) is 18.6 Å². The first-order valence-corrected chi connectivity index (χ1v) is 7.91. The molecule has 2 aliphatic rings. The molecule has 1 saturated heterocycles. The molecule has 1 amide bonds. The van der Waals surface area contributed by atoms with Crippen LogP contribution in [0.3, 0.4) is 0 Å². The highest BCUT2D eigenvalue weighted by Gasteiger charge is 2.48. The van der Waals surface area contributed by atoms with E-state index in [0.717, 1.165) is 25.7 Å². The van der Waals surface area contributed by atoms with Gasteiger partial charge in [0, 0.05) is 6.04 Å². The molecule has 2 rings (SSSR count). The summed E-state index contributed by atoms with van der Waals surface area (Å²) in [6, 6.07) is -0.364. The number of ether oxygens (including phenoxy) is 2. The number of rotatable bonds is 5. The molecule has 0 N–H and O–H groups in total. The minimum absolute atomic E-state index is 0.121. The van der Waals surface area contributed by atoms with Crippen molar-refractivity contribution in [2.75, 3.05) is 13.2 Å². The molecule has 0 aromatic rings. The van der Waals surface area contributed by atoms with Gasteiger partial charge in [-0.1, -0.05) is 32.4 Å². The predicted octanol–water partition coefficient (Wildman–Crippen LogP) is 2.90. The Bertz CT molecular complexity index is 396. The maximum Gasteiger partial charge on any atom is 0.411 e. The molecule has 118 valence electrons. The molecule has 0 radical (unpaired) electrons. The lowest BCUT2D eigenvalue weighted by Gasteiger charge is -2.32. The number of hydrogen-bond donors (Lipinski definition) is 0. The predicted molar refractivity (Wildman–Crippen MR) is 78.8 cm³/mol. The number of carbonyl (C=O) groups is 2. The first-order valence-electron chi connectivity index (χ1n) is 7.91. The molecule has 3 atom stereocenters. The average Bonchev–Trinajstić information content (AvgIpc) is 2.89. The van der Waals surface area contributed by atoms with Crippen molar-refractivity contribution in [2.45, 2.75) is 57.5 Å². The number of esters is 1. The average molecular weight is 295 g/mol. The summed E-state index contributed by atoms with van der Waals surface area (Å²) in [7, 11) is 0. The maximum atomic E-state index is 12.3. The molecule has 1 aliphatic carbocycles. The second kappa shape index (κ2) is 7.48. The summed E-state index contributed by atoms with van der Waals surface area (Å²) in [6.07, 6.45) is 6.91. The molecule has 0 aromatic carbocycles. The van der Waals surface area contributed by atoms with E-state index in [9.17, 15) is 9.59 Å². The van der Waals surface area contributed by atoms with Gasteiger partial charge in [-0.25, -0.2) is 9.59 Å². The minimum atomic E-state index is -0.484. The third-order valence-corrected chi connectivity index (χ3v) is 4.34. The van der Waals surface area contributed by atoms with Crippen LogP contribution in [-0.4, -0.2) is 42.3 Å². The van der Waals surface area contributed by atoms with Gasteiger partial charge in [-0.15, -0.1) is 0 Å². The number of fused-ring (bicyclic) bond motifs is 1. The molecule has 0 aromatic heterocycles. The Kier molecular flexibility index (Phi) is 5.65. The lowest BCUT2D eigenvalue weighted by Crippen LogP contribution is -2.47. The minimum Gasteiger partial charge on any atom is -0.464 e. The third-order valence-electron chi connectivity index (χ3n) is 4.34. The summed E-state index contributed by atoms with van der Waals surface area (Å²) in [4.78, 5) is 26.2. The molecule has 1 saturated carbocycles. The van der Waals surface area contributed by atoms with Crippen molar-refractivity contribution in [3.63, 3.8) is 0 Å². The van der Waals surface area contributed by atoms with E-state index in [4.69, 9.17) is 9.47 Å². The van der Waals surface area contributed by atoms with E-state index in [0.29, 0.717) is 18.9 Å². The van der Waals surface area contributed by atoms with Crippen molar-refractivity contribution in [1.82, 2.24) is 4.90 Å².